The van der Waals surface area contributed by atoms with Crippen LogP contribution in [0.25, 0.3) is 5.69 Å². The Morgan fingerprint density at radius 1 is 1.24 bits per heavy atom. The number of aromatic carboxylic acids is 1. The van der Waals surface area contributed by atoms with Crippen molar-refractivity contribution < 1.29 is 19.4 Å². The quantitative estimate of drug-likeness (QED) is 0.909. The third-order valence-electron chi connectivity index (χ3n) is 4.31. The molecule has 1 N–H and O–H groups in total. The van der Waals surface area contributed by atoms with Gasteiger partial charge in [0.15, 0.2) is 0 Å². The molecular formula is C18H20N2O5. The summed E-state index contributed by atoms with van der Waals surface area (Å²) in [5.41, 5.74) is 1.10. The number of rotatable bonds is 4. The Labute approximate surface area is 145 Å². The van der Waals surface area contributed by atoms with Gasteiger partial charge in [0.05, 0.1) is 26.0 Å². The van der Waals surface area contributed by atoms with Crippen LogP contribution in [0.4, 0.5) is 5.69 Å². The third-order valence-corrected chi connectivity index (χ3v) is 4.31. The molecular weight excluding hydrogens is 324 g/mol. The van der Waals surface area contributed by atoms with Crippen LogP contribution < -0.4 is 15.2 Å². The number of aryl methyl sites for hydroxylation is 1. The molecule has 0 spiro atoms. The predicted octanol–water partition coefficient (Wildman–Crippen LogP) is 1.69. The van der Waals surface area contributed by atoms with Gasteiger partial charge in [-0.3, -0.25) is 9.36 Å². The van der Waals surface area contributed by atoms with E-state index in [1.165, 1.54) is 11.7 Å². The van der Waals surface area contributed by atoms with E-state index in [4.69, 9.17) is 9.47 Å². The van der Waals surface area contributed by atoms with Gasteiger partial charge < -0.3 is 19.5 Å². The van der Waals surface area contributed by atoms with Crippen molar-refractivity contribution in [2.75, 3.05) is 38.3 Å². The van der Waals surface area contributed by atoms with E-state index >= 15 is 0 Å². The van der Waals surface area contributed by atoms with Crippen LogP contribution in [-0.2, 0) is 4.74 Å². The van der Waals surface area contributed by atoms with Crippen molar-refractivity contribution in [1.29, 1.82) is 0 Å². The lowest BCUT2D eigenvalue weighted by atomic mass is 10.1. The van der Waals surface area contributed by atoms with Gasteiger partial charge in [-0.1, -0.05) is 0 Å². The fourth-order valence-corrected chi connectivity index (χ4v) is 2.96. The number of carboxylic acids is 1. The summed E-state index contributed by atoms with van der Waals surface area (Å²) in [6, 6.07) is 7.13. The highest BCUT2D eigenvalue weighted by Gasteiger charge is 2.18. The molecule has 1 aliphatic heterocycles. The monoisotopic (exact) mass is 344 g/mol. The zero-order valence-corrected chi connectivity index (χ0v) is 14.2. The maximum absolute atomic E-state index is 12.6. The normalized spacial score (nSPS) is 14.4. The van der Waals surface area contributed by atoms with Gasteiger partial charge in [0.25, 0.3) is 5.56 Å². The molecule has 3 rings (SSSR count). The van der Waals surface area contributed by atoms with Gasteiger partial charge in [0.1, 0.15) is 11.3 Å². The van der Waals surface area contributed by atoms with Crippen molar-refractivity contribution in [1.82, 2.24) is 4.57 Å². The number of methoxy groups -OCH3 is 1. The van der Waals surface area contributed by atoms with Crippen LogP contribution in [0.1, 0.15) is 15.9 Å². The standard InChI is InChI=1S/C18H20N2O5/c1-12-5-6-20(17(21)16(12)18(22)23)14-4-3-13(11-15(14)24-2)19-7-9-25-10-8-19/h3-6,11H,7-10H2,1-2H3,(H,22,23). The summed E-state index contributed by atoms with van der Waals surface area (Å²) in [5.74, 6) is -0.730. The third kappa shape index (κ3) is 3.23. The molecule has 0 atom stereocenters. The van der Waals surface area contributed by atoms with Crippen LogP contribution in [0.5, 0.6) is 5.75 Å². The molecule has 1 aromatic heterocycles. The lowest BCUT2D eigenvalue weighted by Crippen LogP contribution is -2.36. The van der Waals surface area contributed by atoms with E-state index in [2.05, 4.69) is 4.90 Å². The minimum atomic E-state index is -1.24. The molecule has 0 unspecified atom stereocenters. The zero-order chi connectivity index (χ0) is 18.0. The number of benzene rings is 1. The summed E-state index contributed by atoms with van der Waals surface area (Å²) in [6.45, 7) is 4.52. The fourth-order valence-electron chi connectivity index (χ4n) is 2.96. The number of morpholine rings is 1. The second-order valence-corrected chi connectivity index (χ2v) is 5.81. The maximum atomic E-state index is 12.6. The van der Waals surface area contributed by atoms with Crippen LogP contribution >= 0.6 is 0 Å². The smallest absolute Gasteiger partial charge is 0.341 e. The molecule has 0 aliphatic carbocycles. The van der Waals surface area contributed by atoms with E-state index in [1.807, 2.05) is 12.1 Å². The molecule has 25 heavy (non-hydrogen) atoms. The molecule has 0 bridgehead atoms. The zero-order valence-electron chi connectivity index (χ0n) is 14.2. The Balaban J connectivity index is 2.07. The van der Waals surface area contributed by atoms with Gasteiger partial charge in [-0.2, -0.15) is 0 Å². The number of carboxylic acid groups (broad SMARTS) is 1. The summed E-state index contributed by atoms with van der Waals surface area (Å²) in [4.78, 5) is 26.1. The first-order chi connectivity index (χ1) is 12.0. The van der Waals surface area contributed by atoms with E-state index in [-0.39, 0.29) is 5.56 Å². The fraction of sp³-hybridized carbons (Fsp3) is 0.333. The number of hydrogen-bond donors (Lipinski definition) is 1. The summed E-state index contributed by atoms with van der Waals surface area (Å²) < 4.78 is 12.1. The molecule has 1 saturated heterocycles. The topological polar surface area (TPSA) is 81.0 Å². The summed E-state index contributed by atoms with van der Waals surface area (Å²) in [5, 5.41) is 9.30. The van der Waals surface area contributed by atoms with Gasteiger partial charge in [0.2, 0.25) is 0 Å². The Hall–Kier alpha value is -2.80. The van der Waals surface area contributed by atoms with Crippen molar-refractivity contribution in [3.05, 3.63) is 51.9 Å². The van der Waals surface area contributed by atoms with Crippen molar-refractivity contribution in [2.45, 2.75) is 6.92 Å². The molecule has 132 valence electrons. The second-order valence-electron chi connectivity index (χ2n) is 5.81. The van der Waals surface area contributed by atoms with E-state index in [9.17, 15) is 14.7 Å². The molecule has 0 saturated carbocycles. The molecule has 7 heteroatoms. The number of nitrogens with zero attached hydrogens (tertiary/aromatic N) is 2. The van der Waals surface area contributed by atoms with Crippen LogP contribution in [-0.4, -0.2) is 49.1 Å². The molecule has 0 radical (unpaired) electrons. The molecule has 1 aromatic carbocycles. The SMILES string of the molecule is COc1cc(N2CCOCC2)ccc1-n1ccc(C)c(C(=O)O)c1=O. The first kappa shape index (κ1) is 17.0. The van der Waals surface area contributed by atoms with Crippen molar-refractivity contribution in [2.24, 2.45) is 0 Å². The number of aromatic nitrogens is 1. The van der Waals surface area contributed by atoms with E-state index in [0.717, 1.165) is 18.8 Å². The first-order valence-electron chi connectivity index (χ1n) is 7.99. The summed E-state index contributed by atoms with van der Waals surface area (Å²) >= 11 is 0. The van der Waals surface area contributed by atoms with Gasteiger partial charge >= 0.3 is 5.97 Å². The number of anilines is 1. The minimum Gasteiger partial charge on any atom is -0.494 e. The van der Waals surface area contributed by atoms with Crippen LogP contribution in [0.3, 0.4) is 0 Å². The average molecular weight is 344 g/mol. The van der Waals surface area contributed by atoms with Gasteiger partial charge in [-0.05, 0) is 30.7 Å². The molecule has 7 nitrogen and oxygen atoms in total. The van der Waals surface area contributed by atoms with Crippen molar-refractivity contribution in [3.63, 3.8) is 0 Å². The lowest BCUT2D eigenvalue weighted by Gasteiger charge is -2.29. The molecule has 0 amide bonds. The number of ether oxygens (including phenoxy) is 2. The van der Waals surface area contributed by atoms with Gasteiger partial charge in [-0.15, -0.1) is 0 Å². The summed E-state index contributed by atoms with van der Waals surface area (Å²) in [7, 11) is 1.53. The summed E-state index contributed by atoms with van der Waals surface area (Å²) in [6.07, 6.45) is 1.57. The number of pyridine rings is 1. The molecule has 1 fully saturated rings. The second kappa shape index (κ2) is 6.98. The Bertz CT molecular complexity index is 853. The van der Waals surface area contributed by atoms with Crippen LogP contribution in [0.15, 0.2) is 35.3 Å². The molecule has 1 aliphatic rings. The maximum Gasteiger partial charge on any atom is 0.341 e. The highest BCUT2D eigenvalue weighted by molar-refractivity contribution is 5.88. The molecule has 2 heterocycles. The minimum absolute atomic E-state index is 0.234. The average Bonchev–Trinajstić information content (AvgIpc) is 2.62. The van der Waals surface area contributed by atoms with Gasteiger partial charge in [-0.25, -0.2) is 4.79 Å². The predicted molar refractivity (Wildman–Crippen MR) is 93.3 cm³/mol. The number of carbonyl (C=O) groups is 1. The van der Waals surface area contributed by atoms with E-state index in [0.29, 0.717) is 30.2 Å². The van der Waals surface area contributed by atoms with E-state index < -0.39 is 11.5 Å². The van der Waals surface area contributed by atoms with Gasteiger partial charge in [0, 0.05) is 31.0 Å². The van der Waals surface area contributed by atoms with Crippen LogP contribution in [0.2, 0.25) is 0 Å². The Morgan fingerprint density at radius 3 is 2.60 bits per heavy atom. The number of hydrogen-bond acceptors (Lipinski definition) is 5. The highest BCUT2D eigenvalue weighted by Crippen LogP contribution is 2.28. The van der Waals surface area contributed by atoms with Crippen molar-refractivity contribution >= 4 is 11.7 Å². The Kier molecular flexibility index (Phi) is 4.76. The largest absolute Gasteiger partial charge is 0.494 e. The lowest BCUT2D eigenvalue weighted by molar-refractivity contribution is 0.0693. The van der Waals surface area contributed by atoms with Crippen molar-refractivity contribution in [3.8, 4) is 11.4 Å². The first-order valence-corrected chi connectivity index (χ1v) is 7.99. The van der Waals surface area contributed by atoms with E-state index in [1.54, 1.807) is 25.3 Å². The molecule has 2 aromatic rings. The Morgan fingerprint density at radius 2 is 1.96 bits per heavy atom. The van der Waals surface area contributed by atoms with Crippen LogP contribution in [0, 0.1) is 6.92 Å². The highest BCUT2D eigenvalue weighted by atomic mass is 16.5.